The van der Waals surface area contributed by atoms with Crippen molar-refractivity contribution in [2.45, 2.75) is 45.5 Å². The minimum atomic E-state index is -4.77. The predicted molar refractivity (Wildman–Crippen MR) is 74.4 cm³/mol. The number of carbonyl (C=O) groups is 2. The Labute approximate surface area is 135 Å². The lowest BCUT2D eigenvalue weighted by Gasteiger charge is -2.26. The molecule has 11 heteroatoms. The van der Waals surface area contributed by atoms with Gasteiger partial charge in [0.1, 0.15) is 23.3 Å². The molecule has 2 amide bonds. The highest BCUT2D eigenvalue weighted by Crippen LogP contribution is 2.34. The van der Waals surface area contributed by atoms with E-state index in [0.29, 0.717) is 6.92 Å². The molecule has 8 nitrogen and oxygen atoms in total. The topological polar surface area (TPSA) is 108 Å². The van der Waals surface area contributed by atoms with Crippen LogP contribution in [0, 0.1) is 11.3 Å². The highest BCUT2D eigenvalue weighted by molar-refractivity contribution is 6.08. The third kappa shape index (κ3) is 4.15. The maximum absolute atomic E-state index is 12.9. The molecule has 24 heavy (non-hydrogen) atoms. The normalized spacial score (nSPS) is 13.1. The van der Waals surface area contributed by atoms with E-state index in [1.165, 1.54) is 26.8 Å². The molecule has 0 fully saturated rings. The highest BCUT2D eigenvalue weighted by atomic mass is 19.4. The Morgan fingerprint density at radius 3 is 2.33 bits per heavy atom. The summed E-state index contributed by atoms with van der Waals surface area (Å²) in [4.78, 5) is 23.4. The molecule has 0 aliphatic heterocycles. The van der Waals surface area contributed by atoms with Gasteiger partial charge < -0.3 is 9.84 Å². The van der Waals surface area contributed by atoms with Gasteiger partial charge in [-0.05, 0) is 27.7 Å². The Balaban J connectivity index is 3.49. The predicted octanol–water partition coefficient (Wildman–Crippen LogP) is 3.30. The Kier molecular flexibility index (Phi) is 5.13. The zero-order valence-electron chi connectivity index (χ0n) is 13.2. The highest BCUT2D eigenvalue weighted by Gasteiger charge is 2.42. The van der Waals surface area contributed by atoms with E-state index in [1.54, 1.807) is 0 Å². The summed E-state index contributed by atoms with van der Waals surface area (Å²) < 4.78 is 43.9. The molecule has 0 radical (unpaired) electrons. The minimum absolute atomic E-state index is 0.0704. The maximum Gasteiger partial charge on any atom is 0.425 e. The first-order chi connectivity index (χ1) is 10.8. The van der Waals surface area contributed by atoms with Crippen molar-refractivity contribution in [3.8, 4) is 6.07 Å². The second-order valence-electron chi connectivity index (χ2n) is 5.75. The van der Waals surface area contributed by atoms with Crippen LogP contribution in [-0.2, 0) is 4.74 Å². The van der Waals surface area contributed by atoms with Crippen molar-refractivity contribution in [2.24, 2.45) is 0 Å². The fourth-order valence-corrected chi connectivity index (χ4v) is 1.64. The third-order valence-corrected chi connectivity index (χ3v) is 2.71. The van der Waals surface area contributed by atoms with E-state index in [9.17, 15) is 27.9 Å². The van der Waals surface area contributed by atoms with Gasteiger partial charge in [0.2, 0.25) is 0 Å². The number of nitriles is 1. The number of carbonyl (C=O) groups excluding carboxylic acids is 1. The minimum Gasteiger partial charge on any atom is -0.464 e. The molecule has 0 aromatic carbocycles. The Morgan fingerprint density at radius 2 is 1.96 bits per heavy atom. The van der Waals surface area contributed by atoms with Crippen molar-refractivity contribution >= 4 is 18.0 Å². The van der Waals surface area contributed by atoms with E-state index >= 15 is 0 Å². The number of imide groups is 1. The van der Waals surface area contributed by atoms with Crippen molar-refractivity contribution in [2.75, 3.05) is 4.90 Å². The summed E-state index contributed by atoms with van der Waals surface area (Å²) in [5.74, 6) is -0.830. The smallest absolute Gasteiger partial charge is 0.425 e. The number of halogens is 3. The van der Waals surface area contributed by atoms with Gasteiger partial charge in [0.25, 0.3) is 0 Å². The number of anilines is 1. The van der Waals surface area contributed by atoms with Gasteiger partial charge in [-0.25, -0.2) is 14.3 Å². The molecule has 1 aromatic heterocycles. The number of alkyl halides is 3. The van der Waals surface area contributed by atoms with E-state index in [-0.39, 0.29) is 9.58 Å². The zero-order valence-corrected chi connectivity index (χ0v) is 13.2. The lowest BCUT2D eigenvalue weighted by Crippen LogP contribution is -2.42. The molecule has 0 saturated heterocycles. The van der Waals surface area contributed by atoms with Gasteiger partial charge in [-0.2, -0.15) is 28.4 Å². The number of amides is 2. The largest absolute Gasteiger partial charge is 0.464 e. The zero-order chi connectivity index (χ0) is 18.9. The number of ether oxygens (including phenoxy) is 1. The quantitative estimate of drug-likeness (QED) is 0.878. The van der Waals surface area contributed by atoms with Crippen molar-refractivity contribution in [3.05, 3.63) is 11.8 Å². The first-order valence-electron chi connectivity index (χ1n) is 6.60. The molecule has 0 saturated carbocycles. The Hall–Kier alpha value is -2.77. The lowest BCUT2D eigenvalue weighted by molar-refractivity contribution is -0.165. The summed E-state index contributed by atoms with van der Waals surface area (Å²) in [6.07, 6.45) is -7.37. The van der Waals surface area contributed by atoms with Crippen LogP contribution in [-0.4, -0.2) is 38.9 Å². The number of nitrogens with zero attached hydrogens (tertiary/aromatic N) is 4. The molecule has 0 aliphatic carbocycles. The fourth-order valence-electron chi connectivity index (χ4n) is 1.64. The van der Waals surface area contributed by atoms with E-state index < -0.39 is 41.4 Å². The van der Waals surface area contributed by atoms with Gasteiger partial charge in [-0.15, -0.1) is 0 Å². The molecule has 132 valence electrons. The van der Waals surface area contributed by atoms with Crippen molar-refractivity contribution < 1.29 is 32.6 Å². The molecular formula is C13H15F3N4O4. The van der Waals surface area contributed by atoms with Crippen molar-refractivity contribution in [1.29, 1.82) is 5.26 Å². The molecule has 1 N–H and O–H groups in total. The monoisotopic (exact) mass is 348 g/mol. The molecule has 1 unspecified atom stereocenters. The van der Waals surface area contributed by atoms with Crippen LogP contribution in [0.15, 0.2) is 6.20 Å². The summed E-state index contributed by atoms with van der Waals surface area (Å²) in [5, 5.41) is 21.6. The van der Waals surface area contributed by atoms with Gasteiger partial charge in [0, 0.05) is 0 Å². The van der Waals surface area contributed by atoms with Crippen LogP contribution in [0.5, 0.6) is 0 Å². The number of rotatable bonds is 2. The van der Waals surface area contributed by atoms with Crippen LogP contribution in [0.25, 0.3) is 0 Å². The fraction of sp³-hybridized carbons (Fsp3) is 0.538. The molecular weight excluding hydrogens is 333 g/mol. The molecule has 1 aromatic rings. The molecule has 1 atom stereocenters. The van der Waals surface area contributed by atoms with Crippen LogP contribution >= 0.6 is 0 Å². The first-order valence-corrected chi connectivity index (χ1v) is 6.60. The summed E-state index contributed by atoms with van der Waals surface area (Å²) in [7, 11) is 0. The number of hydrogen-bond acceptors (Lipinski definition) is 5. The van der Waals surface area contributed by atoms with Crippen LogP contribution in [0.2, 0.25) is 0 Å². The summed E-state index contributed by atoms with van der Waals surface area (Å²) in [6, 6.07) is -0.753. The maximum atomic E-state index is 12.9. The van der Waals surface area contributed by atoms with Crippen LogP contribution < -0.4 is 4.90 Å². The van der Waals surface area contributed by atoms with E-state index in [0.717, 1.165) is 6.20 Å². The first kappa shape index (κ1) is 19.3. The lowest BCUT2D eigenvalue weighted by atomic mass is 10.2. The standard InChI is InChI=1S/C13H15F3N4O4/c1-7(13(14,15)16)20-9(8(5-17)6-18-20)19(10(21)22)11(23)24-12(2,3)4/h6-7H,1-4H3,(H,21,22). The SMILES string of the molecule is CC(n1ncc(C#N)c1N(C(=O)O)C(=O)OC(C)(C)C)C(F)(F)F. The second-order valence-corrected chi connectivity index (χ2v) is 5.75. The van der Waals surface area contributed by atoms with Crippen molar-refractivity contribution in [3.63, 3.8) is 0 Å². The Bertz CT molecular complexity index is 685. The molecule has 0 bridgehead atoms. The Morgan fingerprint density at radius 1 is 1.42 bits per heavy atom. The molecule has 1 heterocycles. The summed E-state index contributed by atoms with van der Waals surface area (Å²) in [6.45, 7) is 5.07. The average Bonchev–Trinajstić information content (AvgIpc) is 2.77. The van der Waals surface area contributed by atoms with E-state index in [4.69, 9.17) is 10.00 Å². The van der Waals surface area contributed by atoms with Crippen LogP contribution in [0.3, 0.4) is 0 Å². The molecule has 0 aliphatic rings. The second kappa shape index (κ2) is 6.38. The average molecular weight is 348 g/mol. The van der Waals surface area contributed by atoms with Gasteiger partial charge in [-0.3, -0.25) is 0 Å². The van der Waals surface area contributed by atoms with Gasteiger partial charge in [-0.1, -0.05) is 0 Å². The molecule has 1 rings (SSSR count). The van der Waals surface area contributed by atoms with Crippen LogP contribution in [0.4, 0.5) is 28.6 Å². The number of carboxylic acid groups (broad SMARTS) is 1. The van der Waals surface area contributed by atoms with Crippen molar-refractivity contribution in [1.82, 2.24) is 9.78 Å². The third-order valence-electron chi connectivity index (χ3n) is 2.71. The summed E-state index contributed by atoms with van der Waals surface area (Å²) >= 11 is 0. The van der Waals surface area contributed by atoms with Gasteiger partial charge in [0.05, 0.1) is 6.20 Å². The van der Waals surface area contributed by atoms with Gasteiger partial charge >= 0.3 is 18.4 Å². The van der Waals surface area contributed by atoms with Crippen LogP contribution in [0.1, 0.15) is 39.3 Å². The molecule has 0 spiro atoms. The number of aromatic nitrogens is 2. The van der Waals surface area contributed by atoms with Gasteiger partial charge in [0.15, 0.2) is 5.82 Å². The van der Waals surface area contributed by atoms with E-state index in [2.05, 4.69) is 5.10 Å². The number of hydrogen-bond donors (Lipinski definition) is 1. The van der Waals surface area contributed by atoms with E-state index in [1.807, 2.05) is 0 Å². The summed E-state index contributed by atoms with van der Waals surface area (Å²) in [5.41, 5.74) is -1.61.